The lowest BCUT2D eigenvalue weighted by atomic mass is 9.93. The van der Waals surface area contributed by atoms with Gasteiger partial charge in [0.1, 0.15) is 5.60 Å². The minimum absolute atomic E-state index is 0.154. The monoisotopic (exact) mass is 212 g/mol. The lowest BCUT2D eigenvalue weighted by Crippen LogP contribution is -2.62. The number of piperazine rings is 1. The first-order chi connectivity index (χ1) is 6.96. The number of amides is 1. The second-order valence-corrected chi connectivity index (χ2v) is 5.47. The summed E-state index contributed by atoms with van der Waals surface area (Å²) in [6, 6.07) is 0.812. The van der Waals surface area contributed by atoms with E-state index < -0.39 is 0 Å². The molecule has 1 N–H and O–H groups in total. The molecule has 2 bridgehead atoms. The first-order valence-electron chi connectivity index (χ1n) is 5.69. The Hall–Kier alpha value is -0.770. The third-order valence-electron chi connectivity index (χ3n) is 2.98. The van der Waals surface area contributed by atoms with Gasteiger partial charge in [-0.25, -0.2) is 4.79 Å². The zero-order chi connectivity index (χ0) is 11.1. The largest absolute Gasteiger partial charge is 0.444 e. The number of nitrogens with zero attached hydrogens (tertiary/aromatic N) is 1. The second kappa shape index (κ2) is 3.67. The molecule has 3 fully saturated rings. The van der Waals surface area contributed by atoms with E-state index >= 15 is 0 Å². The van der Waals surface area contributed by atoms with Gasteiger partial charge in [-0.2, -0.15) is 0 Å². The fraction of sp³-hybridized carbons (Fsp3) is 0.909. The topological polar surface area (TPSA) is 41.6 Å². The van der Waals surface area contributed by atoms with E-state index in [0.717, 1.165) is 19.5 Å². The molecule has 0 aliphatic carbocycles. The molecule has 1 amide bonds. The highest BCUT2D eigenvalue weighted by atomic mass is 16.6. The maximum absolute atomic E-state index is 11.9. The van der Waals surface area contributed by atoms with Crippen molar-refractivity contribution >= 4 is 6.09 Å². The van der Waals surface area contributed by atoms with Gasteiger partial charge >= 0.3 is 6.09 Å². The van der Waals surface area contributed by atoms with Crippen molar-refractivity contribution in [3.05, 3.63) is 0 Å². The van der Waals surface area contributed by atoms with Crippen molar-refractivity contribution in [2.24, 2.45) is 0 Å². The average molecular weight is 212 g/mol. The van der Waals surface area contributed by atoms with Crippen molar-refractivity contribution in [1.29, 1.82) is 0 Å². The Morgan fingerprint density at radius 1 is 1.40 bits per heavy atom. The minimum atomic E-state index is -0.388. The van der Waals surface area contributed by atoms with Gasteiger partial charge in [-0.1, -0.05) is 0 Å². The third-order valence-corrected chi connectivity index (χ3v) is 2.98. The number of rotatable bonds is 0. The molecule has 4 nitrogen and oxygen atoms in total. The maximum atomic E-state index is 11.9. The van der Waals surface area contributed by atoms with Crippen LogP contribution in [0, 0.1) is 0 Å². The lowest BCUT2D eigenvalue weighted by molar-refractivity contribution is -0.00406. The number of hydrogen-bond acceptors (Lipinski definition) is 3. The number of piperidine rings is 2. The molecule has 0 saturated carbocycles. The molecule has 4 heteroatoms. The Bertz CT molecular complexity index is 252. The molecule has 3 rings (SSSR count). The molecule has 3 heterocycles. The predicted molar refractivity (Wildman–Crippen MR) is 57.8 cm³/mol. The van der Waals surface area contributed by atoms with Crippen LogP contribution in [-0.2, 0) is 4.74 Å². The van der Waals surface area contributed by atoms with Crippen molar-refractivity contribution in [1.82, 2.24) is 10.2 Å². The van der Waals surface area contributed by atoms with Crippen molar-refractivity contribution in [2.75, 3.05) is 13.1 Å². The number of fused-ring (bicyclic) bond motifs is 3. The smallest absolute Gasteiger partial charge is 0.410 e. The summed E-state index contributed by atoms with van der Waals surface area (Å²) in [5, 5.41) is 3.42. The van der Waals surface area contributed by atoms with Crippen LogP contribution in [0.2, 0.25) is 0 Å². The van der Waals surface area contributed by atoms with Crippen molar-refractivity contribution in [3.8, 4) is 0 Å². The Kier molecular flexibility index (Phi) is 2.63. The normalized spacial score (nSPS) is 30.5. The highest BCUT2D eigenvalue weighted by molar-refractivity contribution is 5.69. The van der Waals surface area contributed by atoms with E-state index in [1.807, 2.05) is 25.7 Å². The Balaban J connectivity index is 1.96. The predicted octanol–water partition coefficient (Wildman–Crippen LogP) is 1.36. The van der Waals surface area contributed by atoms with Gasteiger partial charge in [-0.3, -0.25) is 0 Å². The summed E-state index contributed by atoms with van der Waals surface area (Å²) < 4.78 is 5.39. The molecule has 0 spiro atoms. The van der Waals surface area contributed by atoms with Crippen molar-refractivity contribution in [3.63, 3.8) is 0 Å². The first kappa shape index (κ1) is 10.7. The van der Waals surface area contributed by atoms with Crippen LogP contribution in [0.5, 0.6) is 0 Å². The summed E-state index contributed by atoms with van der Waals surface area (Å²) in [6.45, 7) is 7.45. The van der Waals surface area contributed by atoms with E-state index in [1.54, 1.807) is 0 Å². The average Bonchev–Trinajstić information content (AvgIpc) is 2.17. The van der Waals surface area contributed by atoms with E-state index in [-0.39, 0.29) is 11.7 Å². The minimum Gasteiger partial charge on any atom is -0.444 e. The van der Waals surface area contributed by atoms with E-state index in [1.165, 1.54) is 6.42 Å². The van der Waals surface area contributed by atoms with Gasteiger partial charge in [0, 0.05) is 25.2 Å². The summed E-state index contributed by atoms with van der Waals surface area (Å²) in [7, 11) is 0. The van der Waals surface area contributed by atoms with Gasteiger partial charge in [0.05, 0.1) is 0 Å². The molecule has 15 heavy (non-hydrogen) atoms. The zero-order valence-electron chi connectivity index (χ0n) is 9.75. The molecule has 3 aliphatic heterocycles. The molecule has 0 radical (unpaired) electrons. The van der Waals surface area contributed by atoms with Crippen LogP contribution in [0.3, 0.4) is 0 Å². The van der Waals surface area contributed by atoms with Crippen LogP contribution >= 0.6 is 0 Å². The van der Waals surface area contributed by atoms with Gasteiger partial charge in [-0.05, 0) is 33.6 Å². The Labute approximate surface area is 91.0 Å². The van der Waals surface area contributed by atoms with Gasteiger partial charge in [0.15, 0.2) is 0 Å². The third kappa shape index (κ3) is 2.43. The molecular weight excluding hydrogens is 192 g/mol. The molecule has 0 unspecified atom stereocenters. The van der Waals surface area contributed by atoms with Crippen LogP contribution in [0.1, 0.15) is 33.6 Å². The zero-order valence-corrected chi connectivity index (χ0v) is 9.75. The maximum Gasteiger partial charge on any atom is 0.410 e. The fourth-order valence-corrected chi connectivity index (χ4v) is 2.25. The molecule has 2 atom stereocenters. The Morgan fingerprint density at radius 3 is 2.53 bits per heavy atom. The summed E-state index contributed by atoms with van der Waals surface area (Å²) >= 11 is 0. The van der Waals surface area contributed by atoms with E-state index in [2.05, 4.69) is 5.32 Å². The van der Waals surface area contributed by atoms with Crippen LogP contribution in [-0.4, -0.2) is 41.8 Å². The molecule has 0 aromatic carbocycles. The molecule has 86 valence electrons. The van der Waals surface area contributed by atoms with E-state index in [4.69, 9.17) is 4.74 Å². The quantitative estimate of drug-likeness (QED) is 0.659. The summed E-state index contributed by atoms with van der Waals surface area (Å²) in [5.74, 6) is 0. The summed E-state index contributed by atoms with van der Waals surface area (Å²) in [5.41, 5.74) is -0.388. The van der Waals surface area contributed by atoms with Gasteiger partial charge < -0.3 is 15.0 Å². The van der Waals surface area contributed by atoms with Gasteiger partial charge in [0.25, 0.3) is 0 Å². The van der Waals surface area contributed by atoms with Crippen LogP contribution in [0.25, 0.3) is 0 Å². The highest BCUT2D eigenvalue weighted by Gasteiger charge is 2.37. The lowest BCUT2D eigenvalue weighted by Gasteiger charge is -2.45. The Morgan fingerprint density at radius 2 is 2.13 bits per heavy atom. The highest BCUT2D eigenvalue weighted by Crippen LogP contribution is 2.24. The molecule has 3 aliphatic rings. The first-order valence-corrected chi connectivity index (χ1v) is 5.69. The number of nitrogens with one attached hydrogen (secondary N) is 1. The van der Waals surface area contributed by atoms with Gasteiger partial charge in [0.2, 0.25) is 0 Å². The number of carbonyl (C=O) groups is 1. The van der Waals surface area contributed by atoms with Crippen molar-refractivity contribution in [2.45, 2.75) is 51.3 Å². The van der Waals surface area contributed by atoms with Crippen LogP contribution < -0.4 is 5.32 Å². The number of hydrogen-bond donors (Lipinski definition) is 1. The van der Waals surface area contributed by atoms with Gasteiger partial charge in [-0.15, -0.1) is 0 Å². The number of carbonyl (C=O) groups excluding carboxylic acids is 1. The standard InChI is InChI=1S/C11H20N2O2/c1-11(2,3)15-10(14)13-7-8-4-5-9(13)6-12-8/h8-9,12H,4-7H2,1-3H3/t8-,9-/m0/s1. The number of ether oxygens (including phenoxy) is 1. The fourth-order valence-electron chi connectivity index (χ4n) is 2.25. The second-order valence-electron chi connectivity index (χ2n) is 5.47. The molecule has 0 aromatic heterocycles. The van der Waals surface area contributed by atoms with E-state index in [0.29, 0.717) is 12.1 Å². The molecule has 3 saturated heterocycles. The summed E-state index contributed by atoms with van der Waals surface area (Å²) in [4.78, 5) is 13.8. The van der Waals surface area contributed by atoms with E-state index in [9.17, 15) is 4.79 Å². The summed E-state index contributed by atoms with van der Waals surface area (Å²) in [6.07, 6.45) is 2.14. The van der Waals surface area contributed by atoms with Crippen molar-refractivity contribution < 1.29 is 9.53 Å². The molecule has 0 aromatic rings. The SMILES string of the molecule is CC(C)(C)OC(=O)N1C[C@@H]2CC[C@H]1CN2. The molecular formula is C11H20N2O2. The van der Waals surface area contributed by atoms with Crippen LogP contribution in [0.4, 0.5) is 4.79 Å². The van der Waals surface area contributed by atoms with Crippen LogP contribution in [0.15, 0.2) is 0 Å².